The number of Topliss-reactive ketones (excluding diaryl/α,β-unsaturated/α-hetero) is 1. The molecule has 1 heterocycles. The molecule has 1 amide bonds. The number of hydrogen-bond donors (Lipinski definition) is 1. The Labute approximate surface area is 195 Å². The number of ketones is 1. The maximum absolute atomic E-state index is 13.2. The van der Waals surface area contributed by atoms with Gasteiger partial charge in [-0.1, -0.05) is 35.9 Å². The largest absolute Gasteiger partial charge is 0.507 e. The molecular formula is C26H21ClFNO4. The zero-order valence-electron chi connectivity index (χ0n) is 17.8. The number of aliphatic hydroxyl groups excluding tert-OH is 1. The van der Waals surface area contributed by atoms with Crippen molar-refractivity contribution >= 4 is 29.1 Å². The minimum absolute atomic E-state index is 0.00611. The van der Waals surface area contributed by atoms with Gasteiger partial charge in [-0.05, 0) is 66.1 Å². The van der Waals surface area contributed by atoms with Crippen molar-refractivity contribution in [1.29, 1.82) is 0 Å². The lowest BCUT2D eigenvalue weighted by molar-refractivity contribution is -0.139. The standard InChI is InChI=1S/C26H21ClFNO4/c1-33-21-12-6-18(7-13-21)24(30)22-23(17-4-8-19(27)9-5-17)29(26(32)25(22)31)15-14-16-2-10-20(28)11-3-16/h2-13,23,30H,14-15H2,1H3/b24-22-. The van der Waals surface area contributed by atoms with Gasteiger partial charge in [-0.3, -0.25) is 9.59 Å². The lowest BCUT2D eigenvalue weighted by atomic mass is 9.95. The molecule has 1 fully saturated rings. The van der Waals surface area contributed by atoms with Crippen molar-refractivity contribution in [2.75, 3.05) is 13.7 Å². The second kappa shape index (κ2) is 9.46. The monoisotopic (exact) mass is 465 g/mol. The summed E-state index contributed by atoms with van der Waals surface area (Å²) in [6, 6.07) is 18.6. The van der Waals surface area contributed by atoms with E-state index < -0.39 is 17.7 Å². The molecule has 0 bridgehead atoms. The average molecular weight is 466 g/mol. The van der Waals surface area contributed by atoms with Gasteiger partial charge >= 0.3 is 0 Å². The Balaban J connectivity index is 1.75. The molecular weight excluding hydrogens is 445 g/mol. The van der Waals surface area contributed by atoms with Crippen molar-refractivity contribution in [3.63, 3.8) is 0 Å². The maximum Gasteiger partial charge on any atom is 0.295 e. The quantitative estimate of drug-likeness (QED) is 0.310. The topological polar surface area (TPSA) is 66.8 Å². The molecule has 1 atom stereocenters. The number of halogens is 2. The van der Waals surface area contributed by atoms with Crippen LogP contribution in [0.3, 0.4) is 0 Å². The molecule has 0 aromatic heterocycles. The van der Waals surface area contributed by atoms with Gasteiger partial charge in [0.15, 0.2) is 0 Å². The number of benzene rings is 3. The van der Waals surface area contributed by atoms with Crippen LogP contribution < -0.4 is 4.74 Å². The van der Waals surface area contributed by atoms with E-state index in [-0.39, 0.29) is 23.7 Å². The molecule has 3 aromatic rings. The first kappa shape index (κ1) is 22.6. The maximum atomic E-state index is 13.2. The van der Waals surface area contributed by atoms with Crippen LogP contribution in [0.2, 0.25) is 5.02 Å². The van der Waals surface area contributed by atoms with Gasteiger partial charge in [-0.25, -0.2) is 4.39 Å². The van der Waals surface area contributed by atoms with Crippen molar-refractivity contribution in [3.05, 3.63) is 106 Å². The van der Waals surface area contributed by atoms with Crippen LogP contribution in [-0.4, -0.2) is 35.4 Å². The second-order valence-electron chi connectivity index (χ2n) is 7.65. The summed E-state index contributed by atoms with van der Waals surface area (Å²) in [6.07, 6.45) is 0.417. The van der Waals surface area contributed by atoms with E-state index >= 15 is 0 Å². The normalized spacial score (nSPS) is 17.4. The molecule has 0 radical (unpaired) electrons. The number of nitrogens with zero attached hydrogens (tertiary/aromatic N) is 1. The third kappa shape index (κ3) is 4.61. The van der Waals surface area contributed by atoms with E-state index in [1.807, 2.05) is 0 Å². The summed E-state index contributed by atoms with van der Waals surface area (Å²) in [5.74, 6) is -1.48. The van der Waals surface area contributed by atoms with Crippen LogP contribution in [0.1, 0.15) is 22.7 Å². The van der Waals surface area contributed by atoms with Gasteiger partial charge in [0.1, 0.15) is 17.3 Å². The summed E-state index contributed by atoms with van der Waals surface area (Å²) in [5.41, 5.74) is 1.87. The van der Waals surface area contributed by atoms with Gasteiger partial charge in [0, 0.05) is 17.1 Å². The van der Waals surface area contributed by atoms with Gasteiger partial charge in [0.2, 0.25) is 0 Å². The fourth-order valence-electron chi connectivity index (χ4n) is 3.91. The number of aliphatic hydroxyl groups is 1. The number of carbonyl (C=O) groups is 2. The fourth-order valence-corrected chi connectivity index (χ4v) is 4.03. The molecule has 1 saturated heterocycles. The van der Waals surface area contributed by atoms with Crippen LogP contribution in [0, 0.1) is 5.82 Å². The predicted octanol–water partition coefficient (Wildman–Crippen LogP) is 5.15. The van der Waals surface area contributed by atoms with E-state index in [1.54, 1.807) is 60.7 Å². The Kier molecular flexibility index (Phi) is 6.47. The van der Waals surface area contributed by atoms with Crippen molar-refractivity contribution in [1.82, 2.24) is 4.90 Å². The number of amides is 1. The average Bonchev–Trinajstić information content (AvgIpc) is 3.08. The first-order valence-corrected chi connectivity index (χ1v) is 10.7. The second-order valence-corrected chi connectivity index (χ2v) is 8.09. The smallest absolute Gasteiger partial charge is 0.295 e. The molecule has 5 nitrogen and oxygen atoms in total. The number of rotatable bonds is 6. The third-order valence-corrected chi connectivity index (χ3v) is 5.90. The molecule has 0 spiro atoms. The van der Waals surface area contributed by atoms with Crippen molar-refractivity contribution in [2.24, 2.45) is 0 Å². The summed E-state index contributed by atoms with van der Waals surface area (Å²) in [4.78, 5) is 27.5. The first-order valence-electron chi connectivity index (χ1n) is 10.3. The lowest BCUT2D eigenvalue weighted by Crippen LogP contribution is -2.31. The highest BCUT2D eigenvalue weighted by Gasteiger charge is 2.45. The van der Waals surface area contributed by atoms with E-state index in [0.29, 0.717) is 28.3 Å². The highest BCUT2D eigenvalue weighted by atomic mass is 35.5. The number of methoxy groups -OCH3 is 1. The molecule has 0 saturated carbocycles. The number of ether oxygens (including phenoxy) is 1. The van der Waals surface area contributed by atoms with E-state index in [9.17, 15) is 19.1 Å². The van der Waals surface area contributed by atoms with Crippen LogP contribution >= 0.6 is 11.6 Å². The molecule has 1 N–H and O–H groups in total. The van der Waals surface area contributed by atoms with Gasteiger partial charge in [0.05, 0.1) is 18.7 Å². The van der Waals surface area contributed by atoms with Crippen molar-refractivity contribution in [3.8, 4) is 5.75 Å². The zero-order valence-corrected chi connectivity index (χ0v) is 18.6. The molecule has 168 valence electrons. The molecule has 33 heavy (non-hydrogen) atoms. The van der Waals surface area contributed by atoms with Gasteiger partial charge in [0.25, 0.3) is 11.7 Å². The summed E-state index contributed by atoms with van der Waals surface area (Å²) in [6.45, 7) is 0.211. The Bertz CT molecular complexity index is 1200. The molecule has 1 unspecified atom stereocenters. The lowest BCUT2D eigenvalue weighted by Gasteiger charge is -2.25. The SMILES string of the molecule is COc1ccc(/C(O)=C2/C(=O)C(=O)N(CCc3ccc(F)cc3)C2c2ccc(Cl)cc2)cc1. The molecule has 3 aromatic carbocycles. The third-order valence-electron chi connectivity index (χ3n) is 5.64. The molecule has 0 aliphatic carbocycles. The van der Waals surface area contributed by atoms with E-state index in [0.717, 1.165) is 5.56 Å². The Morgan fingerprint density at radius 3 is 2.24 bits per heavy atom. The number of likely N-dealkylation sites (tertiary alicyclic amines) is 1. The summed E-state index contributed by atoms with van der Waals surface area (Å²) in [5, 5.41) is 11.6. The van der Waals surface area contributed by atoms with Crippen molar-refractivity contribution in [2.45, 2.75) is 12.5 Å². The highest BCUT2D eigenvalue weighted by Crippen LogP contribution is 2.40. The molecule has 4 rings (SSSR count). The van der Waals surface area contributed by atoms with Gasteiger partial charge < -0.3 is 14.7 Å². The number of hydrogen-bond acceptors (Lipinski definition) is 4. The first-order chi connectivity index (χ1) is 15.9. The zero-order chi connectivity index (χ0) is 23.5. The van der Waals surface area contributed by atoms with E-state index in [1.165, 1.54) is 24.1 Å². The van der Waals surface area contributed by atoms with E-state index in [4.69, 9.17) is 16.3 Å². The number of carbonyl (C=O) groups excluding carboxylic acids is 2. The van der Waals surface area contributed by atoms with Crippen LogP contribution in [0.4, 0.5) is 4.39 Å². The molecule has 1 aliphatic rings. The fraction of sp³-hybridized carbons (Fsp3) is 0.154. The highest BCUT2D eigenvalue weighted by molar-refractivity contribution is 6.46. The summed E-state index contributed by atoms with van der Waals surface area (Å²) in [7, 11) is 1.53. The van der Waals surface area contributed by atoms with Crippen LogP contribution in [0.5, 0.6) is 5.75 Å². The minimum Gasteiger partial charge on any atom is -0.507 e. The minimum atomic E-state index is -0.787. The van der Waals surface area contributed by atoms with Crippen LogP contribution in [0.15, 0.2) is 78.4 Å². The van der Waals surface area contributed by atoms with Gasteiger partial charge in [-0.15, -0.1) is 0 Å². The van der Waals surface area contributed by atoms with Crippen LogP contribution in [0.25, 0.3) is 5.76 Å². The summed E-state index contributed by atoms with van der Waals surface area (Å²) < 4.78 is 18.4. The van der Waals surface area contributed by atoms with E-state index in [2.05, 4.69) is 0 Å². The summed E-state index contributed by atoms with van der Waals surface area (Å²) >= 11 is 6.04. The Morgan fingerprint density at radius 1 is 1.00 bits per heavy atom. The molecule has 7 heteroatoms. The molecule has 1 aliphatic heterocycles. The van der Waals surface area contributed by atoms with Crippen LogP contribution in [-0.2, 0) is 16.0 Å². The predicted molar refractivity (Wildman–Crippen MR) is 124 cm³/mol. The Morgan fingerprint density at radius 2 is 1.64 bits per heavy atom. The van der Waals surface area contributed by atoms with Gasteiger partial charge in [-0.2, -0.15) is 0 Å². The Hall–Kier alpha value is -3.64. The van der Waals surface area contributed by atoms with Crippen molar-refractivity contribution < 1.29 is 23.8 Å².